The molecule has 0 bridgehead atoms. The van der Waals surface area contributed by atoms with Crippen LogP contribution in [0.3, 0.4) is 0 Å². The van der Waals surface area contributed by atoms with E-state index < -0.39 is 36.9 Å². The number of hydrogen-bond donors (Lipinski definition) is 3. The van der Waals surface area contributed by atoms with Crippen LogP contribution in [0.4, 0.5) is 15.9 Å². The van der Waals surface area contributed by atoms with Crippen LogP contribution in [-0.4, -0.2) is 51.4 Å². The molecular formula is C18H20FN3O6. The Hall–Kier alpha value is -2.69. The van der Waals surface area contributed by atoms with E-state index in [2.05, 4.69) is 10.3 Å². The maximum Gasteiger partial charge on any atom is 0.352 e. The molecule has 3 N–H and O–H groups in total. The molecule has 0 radical (unpaired) electrons. The number of halogens is 1. The topological polar surface area (TPSA) is 115 Å². The van der Waals surface area contributed by atoms with E-state index in [0.717, 1.165) is 11.0 Å². The van der Waals surface area contributed by atoms with Gasteiger partial charge in [-0.2, -0.15) is 4.98 Å². The molecule has 1 saturated heterocycles. The summed E-state index contributed by atoms with van der Waals surface area (Å²) in [4.78, 5) is 16.3. The van der Waals surface area contributed by atoms with Gasteiger partial charge in [-0.3, -0.25) is 4.57 Å². The van der Waals surface area contributed by atoms with Crippen LogP contribution in [-0.2, 0) is 4.74 Å². The fraction of sp³-hybridized carbons (Fsp3) is 0.444. The first kappa shape index (κ1) is 18.7. The first-order valence-corrected chi connectivity index (χ1v) is 8.95. The van der Waals surface area contributed by atoms with Gasteiger partial charge >= 0.3 is 5.69 Å². The van der Waals surface area contributed by atoms with Gasteiger partial charge < -0.3 is 29.7 Å². The quantitative estimate of drug-likeness (QED) is 0.597. The fourth-order valence-electron chi connectivity index (χ4n) is 3.16. The fourth-order valence-corrected chi connectivity index (χ4v) is 3.16. The number of aliphatic hydroxyl groups excluding tert-OH is 2. The van der Waals surface area contributed by atoms with Gasteiger partial charge in [-0.05, 0) is 18.6 Å². The lowest BCUT2D eigenvalue weighted by atomic mass is 10.1. The number of nitrogens with zero attached hydrogens (tertiary/aromatic N) is 2. The standard InChI is InChI=1S/C18H20FN3O6/c1-2-6-26-9-4-3-5-10-14(9)20-16-11(27-10)7-22(18(25)21-16)17-13(19)15(24)12(8-23)28-17/h3-5,7,12-13,15,17,23-24H,2,6,8H2,1H3,(H,20,21,25)/t12-,13+,15?,17-/m1/s1. The van der Waals surface area contributed by atoms with Crippen LogP contribution < -0.4 is 20.5 Å². The molecule has 1 aromatic heterocycles. The molecular weight excluding hydrogens is 373 g/mol. The Labute approximate surface area is 159 Å². The van der Waals surface area contributed by atoms with E-state index in [0.29, 0.717) is 23.8 Å². The Balaban J connectivity index is 1.67. The number of fused-ring (bicyclic) bond motifs is 2. The maximum absolute atomic E-state index is 14.4. The van der Waals surface area contributed by atoms with Crippen molar-refractivity contribution < 1.29 is 28.8 Å². The van der Waals surface area contributed by atoms with Crippen LogP contribution in [0, 0.1) is 0 Å². The lowest BCUT2D eigenvalue weighted by Crippen LogP contribution is -2.34. The Morgan fingerprint density at radius 3 is 2.93 bits per heavy atom. The molecule has 2 aliphatic heterocycles. The van der Waals surface area contributed by atoms with Crippen molar-refractivity contribution in [3.05, 3.63) is 34.9 Å². The van der Waals surface area contributed by atoms with E-state index in [4.69, 9.17) is 14.2 Å². The van der Waals surface area contributed by atoms with Gasteiger partial charge in [0.15, 0.2) is 29.7 Å². The van der Waals surface area contributed by atoms with Gasteiger partial charge in [0, 0.05) is 0 Å². The summed E-state index contributed by atoms with van der Waals surface area (Å²) in [5.74, 6) is 1.38. The van der Waals surface area contributed by atoms with Crippen molar-refractivity contribution in [2.75, 3.05) is 18.5 Å². The van der Waals surface area contributed by atoms with Crippen LogP contribution in [0.5, 0.6) is 17.2 Å². The molecule has 2 aliphatic rings. The highest BCUT2D eigenvalue weighted by Gasteiger charge is 2.45. The van der Waals surface area contributed by atoms with E-state index in [1.165, 1.54) is 6.20 Å². The average molecular weight is 393 g/mol. The third-order valence-corrected chi connectivity index (χ3v) is 4.58. The summed E-state index contributed by atoms with van der Waals surface area (Å²) in [6.07, 6.45) is -3.88. The normalized spacial score (nSPS) is 25.4. The number of benzene rings is 1. The van der Waals surface area contributed by atoms with Gasteiger partial charge in [-0.15, -0.1) is 0 Å². The van der Waals surface area contributed by atoms with Crippen LogP contribution in [0.2, 0.25) is 0 Å². The third kappa shape index (κ3) is 3.09. The average Bonchev–Trinajstić information content (AvgIpc) is 2.98. The van der Waals surface area contributed by atoms with Crippen molar-refractivity contribution in [1.29, 1.82) is 0 Å². The zero-order chi connectivity index (χ0) is 19.8. The predicted molar refractivity (Wildman–Crippen MR) is 96.0 cm³/mol. The summed E-state index contributed by atoms with van der Waals surface area (Å²) in [5.41, 5.74) is -0.243. The van der Waals surface area contributed by atoms with Gasteiger partial charge in [0.1, 0.15) is 23.6 Å². The van der Waals surface area contributed by atoms with Crippen molar-refractivity contribution in [1.82, 2.24) is 9.55 Å². The second-order valence-corrected chi connectivity index (χ2v) is 6.53. The van der Waals surface area contributed by atoms with Crippen LogP contribution in [0.15, 0.2) is 29.2 Å². The van der Waals surface area contributed by atoms with Gasteiger partial charge in [0.25, 0.3) is 0 Å². The van der Waals surface area contributed by atoms with Crippen molar-refractivity contribution in [2.24, 2.45) is 0 Å². The molecule has 1 fully saturated rings. The second-order valence-electron chi connectivity index (χ2n) is 6.53. The van der Waals surface area contributed by atoms with Gasteiger partial charge in [0.2, 0.25) is 0 Å². The monoisotopic (exact) mass is 393 g/mol. The molecule has 0 aliphatic carbocycles. The lowest BCUT2D eigenvalue weighted by Gasteiger charge is -2.24. The summed E-state index contributed by atoms with van der Waals surface area (Å²) >= 11 is 0. The molecule has 0 spiro atoms. The van der Waals surface area contributed by atoms with E-state index >= 15 is 0 Å². The van der Waals surface area contributed by atoms with Crippen LogP contribution >= 0.6 is 0 Å². The SMILES string of the molecule is CCCOc1cccc2c1Nc1nc(=O)n([C@@H]3O[C@H](CO)C(O)[C@@H]3F)cc1O2. The first-order chi connectivity index (χ1) is 13.5. The highest BCUT2D eigenvalue weighted by atomic mass is 19.1. The Morgan fingerprint density at radius 1 is 1.39 bits per heavy atom. The lowest BCUT2D eigenvalue weighted by molar-refractivity contribution is -0.0492. The summed E-state index contributed by atoms with van der Waals surface area (Å²) < 4.78 is 32.1. The van der Waals surface area contributed by atoms with E-state index in [1.807, 2.05) is 6.92 Å². The number of aromatic nitrogens is 2. The molecule has 2 aromatic rings. The Bertz CT molecular complexity index is 936. The summed E-state index contributed by atoms with van der Waals surface area (Å²) in [5, 5.41) is 22.0. The molecule has 28 heavy (non-hydrogen) atoms. The highest BCUT2D eigenvalue weighted by Crippen LogP contribution is 2.45. The number of aliphatic hydroxyl groups is 2. The smallest absolute Gasteiger partial charge is 0.352 e. The molecule has 10 heteroatoms. The van der Waals surface area contributed by atoms with Gasteiger partial charge in [-0.25, -0.2) is 9.18 Å². The zero-order valence-electron chi connectivity index (χ0n) is 15.0. The first-order valence-electron chi connectivity index (χ1n) is 8.95. The molecule has 0 saturated carbocycles. The second kappa shape index (κ2) is 7.38. The van der Waals surface area contributed by atoms with Gasteiger partial charge in [-0.1, -0.05) is 13.0 Å². The minimum atomic E-state index is -1.90. The number of hydrogen-bond acceptors (Lipinski definition) is 8. The molecule has 150 valence electrons. The molecule has 9 nitrogen and oxygen atoms in total. The van der Waals surface area contributed by atoms with E-state index in [-0.39, 0.29) is 11.6 Å². The largest absolute Gasteiger partial charge is 0.491 e. The third-order valence-electron chi connectivity index (χ3n) is 4.58. The van der Waals surface area contributed by atoms with E-state index in [1.54, 1.807) is 18.2 Å². The molecule has 4 atom stereocenters. The predicted octanol–water partition coefficient (Wildman–Crippen LogP) is 1.47. The molecule has 1 unspecified atom stereocenters. The number of alkyl halides is 1. The number of anilines is 2. The van der Waals surface area contributed by atoms with Crippen molar-refractivity contribution >= 4 is 11.5 Å². The van der Waals surface area contributed by atoms with Crippen LogP contribution in [0.1, 0.15) is 19.6 Å². The summed E-state index contributed by atoms with van der Waals surface area (Å²) in [6, 6.07) is 5.25. The molecule has 3 heterocycles. The van der Waals surface area contributed by atoms with Crippen molar-refractivity contribution in [3.63, 3.8) is 0 Å². The zero-order valence-corrected chi connectivity index (χ0v) is 15.0. The van der Waals surface area contributed by atoms with Gasteiger partial charge in [0.05, 0.1) is 19.4 Å². The number of nitrogens with one attached hydrogen (secondary N) is 1. The number of para-hydroxylation sites is 1. The molecule has 1 aromatic carbocycles. The molecule has 4 rings (SSSR count). The van der Waals surface area contributed by atoms with Crippen LogP contribution in [0.25, 0.3) is 0 Å². The number of rotatable bonds is 5. The van der Waals surface area contributed by atoms with E-state index in [9.17, 15) is 19.4 Å². The Morgan fingerprint density at radius 2 is 2.21 bits per heavy atom. The maximum atomic E-state index is 14.4. The minimum absolute atomic E-state index is 0.161. The number of ether oxygens (including phenoxy) is 3. The summed E-state index contributed by atoms with van der Waals surface area (Å²) in [6.45, 7) is 1.93. The molecule has 0 amide bonds. The van der Waals surface area contributed by atoms with Crippen molar-refractivity contribution in [2.45, 2.75) is 38.0 Å². The summed E-state index contributed by atoms with van der Waals surface area (Å²) in [7, 11) is 0. The minimum Gasteiger partial charge on any atom is -0.491 e. The Kier molecular flexibility index (Phi) is 4.92. The highest BCUT2D eigenvalue weighted by molar-refractivity contribution is 5.77. The van der Waals surface area contributed by atoms with Crippen molar-refractivity contribution in [3.8, 4) is 17.2 Å².